The largest absolute Gasteiger partial charge is 0.379 e. The second-order valence-corrected chi connectivity index (χ2v) is 9.27. The van der Waals surface area contributed by atoms with E-state index in [4.69, 9.17) is 4.74 Å². The molecule has 0 saturated carbocycles. The molecule has 8 heteroatoms. The Morgan fingerprint density at radius 2 is 1.97 bits per heavy atom. The van der Waals surface area contributed by atoms with Crippen LogP contribution in [-0.4, -0.2) is 81.8 Å². The molecule has 0 aliphatic carbocycles. The van der Waals surface area contributed by atoms with Gasteiger partial charge >= 0.3 is 0 Å². The van der Waals surface area contributed by atoms with Gasteiger partial charge in [0.1, 0.15) is 0 Å². The number of hydrogen-bond acceptors (Lipinski definition) is 5. The number of nitrogens with zero attached hydrogens (tertiary/aromatic N) is 3. The van der Waals surface area contributed by atoms with E-state index in [1.807, 2.05) is 18.4 Å². The van der Waals surface area contributed by atoms with Crippen molar-refractivity contribution in [3.8, 4) is 0 Å². The normalized spacial score (nSPS) is 20.5. The number of rotatable bonds is 9. The van der Waals surface area contributed by atoms with Gasteiger partial charge in [-0.25, -0.2) is 0 Å². The fourth-order valence-electron chi connectivity index (χ4n) is 4.14. The monoisotopic (exact) mass is 549 g/mol. The van der Waals surface area contributed by atoms with E-state index in [1.165, 1.54) is 43.8 Å². The molecule has 0 amide bonds. The first-order chi connectivity index (χ1) is 14.3. The highest BCUT2D eigenvalue weighted by molar-refractivity contribution is 14.0. The number of ether oxygens (including phenoxy) is 1. The van der Waals surface area contributed by atoms with Crippen LogP contribution in [0.3, 0.4) is 0 Å². The smallest absolute Gasteiger partial charge is 0.191 e. The predicted molar refractivity (Wildman–Crippen MR) is 138 cm³/mol. The molecule has 1 aromatic heterocycles. The third-order valence-corrected chi connectivity index (χ3v) is 7.09. The van der Waals surface area contributed by atoms with Crippen LogP contribution in [0.2, 0.25) is 0 Å². The number of unbranched alkanes of at least 4 members (excludes halogenated alkanes) is 1. The molecular weight excluding hydrogens is 509 g/mol. The Kier molecular flexibility index (Phi) is 12.6. The lowest BCUT2D eigenvalue weighted by Crippen LogP contribution is -2.45. The molecule has 0 aromatic carbocycles. The molecule has 1 atom stereocenters. The quantitative estimate of drug-likeness (QED) is 0.214. The summed E-state index contributed by atoms with van der Waals surface area (Å²) < 4.78 is 5.41. The lowest BCUT2D eigenvalue weighted by molar-refractivity contribution is 0.0372. The summed E-state index contributed by atoms with van der Waals surface area (Å²) in [5.74, 6) is 1.78. The number of thiophene rings is 1. The molecule has 2 saturated heterocycles. The van der Waals surface area contributed by atoms with Gasteiger partial charge in [0.15, 0.2) is 5.96 Å². The van der Waals surface area contributed by atoms with Gasteiger partial charge in [0.2, 0.25) is 0 Å². The van der Waals surface area contributed by atoms with Crippen molar-refractivity contribution >= 4 is 41.3 Å². The van der Waals surface area contributed by atoms with E-state index in [-0.39, 0.29) is 24.0 Å². The van der Waals surface area contributed by atoms with Crippen molar-refractivity contribution in [1.82, 2.24) is 20.4 Å². The highest BCUT2D eigenvalue weighted by Crippen LogP contribution is 2.29. The molecule has 2 N–H and O–H groups in total. The Morgan fingerprint density at radius 3 is 2.63 bits per heavy atom. The van der Waals surface area contributed by atoms with Crippen molar-refractivity contribution < 1.29 is 4.74 Å². The van der Waals surface area contributed by atoms with Crippen molar-refractivity contribution in [3.05, 3.63) is 22.4 Å². The topological polar surface area (TPSA) is 52.1 Å². The number of aliphatic imine (C=N–C) groups is 1. The number of morpholine rings is 1. The zero-order valence-electron chi connectivity index (χ0n) is 18.6. The molecule has 172 valence electrons. The Labute approximate surface area is 203 Å². The van der Waals surface area contributed by atoms with E-state index in [0.29, 0.717) is 6.04 Å². The van der Waals surface area contributed by atoms with Gasteiger partial charge in [-0.2, -0.15) is 0 Å². The Hall–Kier alpha value is -0.420. The Balaban J connectivity index is 0.00000320. The Bertz CT molecular complexity index is 586. The SMILES string of the molecule is CN=C(NCCCCN1CCOCC1)NCC(c1cccs1)N1CCC(C)CC1.I. The number of piperidine rings is 1. The number of guanidine groups is 1. The molecule has 6 nitrogen and oxygen atoms in total. The fourth-order valence-corrected chi connectivity index (χ4v) is 5.00. The van der Waals surface area contributed by atoms with Gasteiger partial charge in [0.05, 0.1) is 19.3 Å². The van der Waals surface area contributed by atoms with E-state index in [1.54, 1.807) is 0 Å². The third kappa shape index (κ3) is 8.61. The first-order valence-electron chi connectivity index (χ1n) is 11.3. The van der Waals surface area contributed by atoms with Crippen molar-refractivity contribution in [2.45, 2.75) is 38.6 Å². The minimum Gasteiger partial charge on any atom is -0.379 e. The number of halogens is 1. The summed E-state index contributed by atoms with van der Waals surface area (Å²) in [4.78, 5) is 11.0. The molecule has 30 heavy (non-hydrogen) atoms. The van der Waals surface area contributed by atoms with E-state index < -0.39 is 0 Å². The van der Waals surface area contributed by atoms with Crippen LogP contribution in [0.25, 0.3) is 0 Å². The van der Waals surface area contributed by atoms with Crippen molar-refractivity contribution in [2.24, 2.45) is 10.9 Å². The average Bonchev–Trinajstić information content (AvgIpc) is 3.28. The summed E-state index contributed by atoms with van der Waals surface area (Å²) in [7, 11) is 1.87. The zero-order chi connectivity index (χ0) is 20.3. The molecule has 2 aliphatic rings. The molecular formula is C22H40IN5OS. The van der Waals surface area contributed by atoms with Gasteiger partial charge in [0, 0.05) is 38.1 Å². The van der Waals surface area contributed by atoms with E-state index in [2.05, 4.69) is 49.9 Å². The molecule has 3 heterocycles. The summed E-state index contributed by atoms with van der Waals surface area (Å²) in [6, 6.07) is 4.88. The number of nitrogens with one attached hydrogen (secondary N) is 2. The van der Waals surface area contributed by atoms with Crippen LogP contribution in [0.5, 0.6) is 0 Å². The maximum atomic E-state index is 5.41. The zero-order valence-corrected chi connectivity index (χ0v) is 21.8. The molecule has 0 bridgehead atoms. The standard InChI is InChI=1S/C22H39N5OS.HI/c1-19-7-11-27(12-8-19)20(21-6-5-17-29-21)18-25-22(23-2)24-9-3-4-10-26-13-15-28-16-14-26;/h5-6,17,19-20H,3-4,7-16,18H2,1-2H3,(H2,23,24,25);1H. The van der Waals surface area contributed by atoms with Crippen LogP contribution in [0.1, 0.15) is 43.5 Å². The molecule has 2 fully saturated rings. The molecule has 0 spiro atoms. The summed E-state index contributed by atoms with van der Waals surface area (Å²) in [5, 5.41) is 9.27. The van der Waals surface area contributed by atoms with Gasteiger partial charge in [-0.1, -0.05) is 13.0 Å². The number of hydrogen-bond donors (Lipinski definition) is 2. The van der Waals surface area contributed by atoms with Crippen LogP contribution < -0.4 is 10.6 Å². The van der Waals surface area contributed by atoms with Gasteiger partial charge < -0.3 is 15.4 Å². The molecule has 0 radical (unpaired) electrons. The molecule has 1 aromatic rings. The first kappa shape index (κ1) is 25.8. The summed E-state index contributed by atoms with van der Waals surface area (Å²) in [6.45, 7) is 11.7. The maximum Gasteiger partial charge on any atom is 0.191 e. The third-order valence-electron chi connectivity index (χ3n) is 6.11. The summed E-state index contributed by atoms with van der Waals surface area (Å²) >= 11 is 1.87. The molecule has 2 aliphatic heterocycles. The van der Waals surface area contributed by atoms with Crippen LogP contribution in [-0.2, 0) is 4.74 Å². The molecule has 3 rings (SSSR count). The minimum absolute atomic E-state index is 0. The maximum absolute atomic E-state index is 5.41. The van der Waals surface area contributed by atoms with Crippen LogP contribution in [0, 0.1) is 5.92 Å². The van der Waals surface area contributed by atoms with E-state index >= 15 is 0 Å². The van der Waals surface area contributed by atoms with Crippen LogP contribution in [0.4, 0.5) is 0 Å². The number of likely N-dealkylation sites (tertiary alicyclic amines) is 1. The summed E-state index contributed by atoms with van der Waals surface area (Å²) in [6.07, 6.45) is 4.99. The second kappa shape index (κ2) is 14.6. The van der Waals surface area contributed by atoms with Gasteiger partial charge in [0.25, 0.3) is 0 Å². The van der Waals surface area contributed by atoms with Crippen molar-refractivity contribution in [1.29, 1.82) is 0 Å². The van der Waals surface area contributed by atoms with Crippen LogP contribution in [0.15, 0.2) is 22.5 Å². The fraction of sp³-hybridized carbons (Fsp3) is 0.773. The van der Waals surface area contributed by atoms with Crippen molar-refractivity contribution in [3.63, 3.8) is 0 Å². The highest BCUT2D eigenvalue weighted by atomic mass is 127. The van der Waals surface area contributed by atoms with Crippen LogP contribution >= 0.6 is 35.3 Å². The Morgan fingerprint density at radius 1 is 1.20 bits per heavy atom. The van der Waals surface area contributed by atoms with Crippen molar-refractivity contribution in [2.75, 3.05) is 66.1 Å². The van der Waals surface area contributed by atoms with E-state index in [0.717, 1.165) is 57.7 Å². The molecule has 1 unspecified atom stereocenters. The lowest BCUT2D eigenvalue weighted by Gasteiger charge is -2.36. The predicted octanol–water partition coefficient (Wildman–Crippen LogP) is 3.42. The van der Waals surface area contributed by atoms with Gasteiger partial charge in [-0.15, -0.1) is 35.3 Å². The average molecular weight is 550 g/mol. The summed E-state index contributed by atoms with van der Waals surface area (Å²) in [5.41, 5.74) is 0. The lowest BCUT2D eigenvalue weighted by atomic mass is 9.97. The second-order valence-electron chi connectivity index (χ2n) is 8.29. The van der Waals surface area contributed by atoms with Gasteiger partial charge in [-0.05, 0) is 62.7 Å². The first-order valence-corrected chi connectivity index (χ1v) is 12.2. The van der Waals surface area contributed by atoms with Gasteiger partial charge in [-0.3, -0.25) is 14.8 Å². The van der Waals surface area contributed by atoms with E-state index in [9.17, 15) is 0 Å². The minimum atomic E-state index is 0. The highest BCUT2D eigenvalue weighted by Gasteiger charge is 2.25.